The standard InChI is InChI=1S/C18H17N3O4/c1-10-4-5-11(2)13(6-10)9-25-17(23)12-7-14-15(19-8-12)21(3)18(24)20-16(14)22/h4-8H,9H2,1-3H3,(H,20,22,24). The van der Waals surface area contributed by atoms with E-state index in [1.807, 2.05) is 32.0 Å². The van der Waals surface area contributed by atoms with Gasteiger partial charge < -0.3 is 4.74 Å². The molecule has 0 atom stereocenters. The van der Waals surface area contributed by atoms with E-state index in [0.717, 1.165) is 16.7 Å². The lowest BCUT2D eigenvalue weighted by atomic mass is 10.1. The number of aromatic nitrogens is 3. The van der Waals surface area contributed by atoms with Crippen molar-refractivity contribution >= 4 is 17.0 Å². The number of fused-ring (bicyclic) bond motifs is 1. The SMILES string of the molecule is Cc1ccc(C)c(COC(=O)c2cnc3c(c2)c(=O)[nH]c(=O)n3C)c1. The highest BCUT2D eigenvalue weighted by atomic mass is 16.5. The average molecular weight is 339 g/mol. The zero-order chi connectivity index (χ0) is 18.1. The second-order valence-electron chi connectivity index (χ2n) is 5.92. The van der Waals surface area contributed by atoms with Crippen molar-refractivity contribution in [1.29, 1.82) is 0 Å². The first-order chi connectivity index (χ1) is 11.9. The van der Waals surface area contributed by atoms with Gasteiger partial charge in [0.25, 0.3) is 5.56 Å². The van der Waals surface area contributed by atoms with Gasteiger partial charge in [0.05, 0.1) is 10.9 Å². The minimum Gasteiger partial charge on any atom is -0.457 e. The van der Waals surface area contributed by atoms with Crippen molar-refractivity contribution in [1.82, 2.24) is 14.5 Å². The molecule has 0 spiro atoms. The predicted octanol–water partition coefficient (Wildman–Crippen LogP) is 1.60. The smallest absolute Gasteiger partial charge is 0.340 e. The van der Waals surface area contributed by atoms with Gasteiger partial charge in [0.15, 0.2) is 0 Å². The van der Waals surface area contributed by atoms with Crippen LogP contribution in [0.1, 0.15) is 27.0 Å². The Morgan fingerprint density at radius 2 is 2.00 bits per heavy atom. The van der Waals surface area contributed by atoms with E-state index in [0.29, 0.717) is 0 Å². The number of benzene rings is 1. The van der Waals surface area contributed by atoms with E-state index in [2.05, 4.69) is 9.97 Å². The Labute approximate surface area is 142 Å². The summed E-state index contributed by atoms with van der Waals surface area (Å²) in [6, 6.07) is 7.30. The first-order valence-electron chi connectivity index (χ1n) is 7.69. The summed E-state index contributed by atoms with van der Waals surface area (Å²) < 4.78 is 6.54. The molecule has 0 radical (unpaired) electrons. The Hall–Kier alpha value is -3.22. The van der Waals surface area contributed by atoms with Gasteiger partial charge in [-0.15, -0.1) is 0 Å². The molecule has 0 saturated heterocycles. The van der Waals surface area contributed by atoms with Crippen LogP contribution < -0.4 is 11.2 Å². The van der Waals surface area contributed by atoms with Crippen LogP contribution in [0.2, 0.25) is 0 Å². The number of hydrogen-bond acceptors (Lipinski definition) is 5. The van der Waals surface area contributed by atoms with Crippen molar-refractivity contribution < 1.29 is 9.53 Å². The van der Waals surface area contributed by atoms with Gasteiger partial charge in [-0.05, 0) is 31.0 Å². The van der Waals surface area contributed by atoms with E-state index in [1.165, 1.54) is 23.9 Å². The van der Waals surface area contributed by atoms with E-state index in [9.17, 15) is 14.4 Å². The Morgan fingerprint density at radius 3 is 2.76 bits per heavy atom. The van der Waals surface area contributed by atoms with Gasteiger partial charge in [0.2, 0.25) is 0 Å². The number of carbonyl (C=O) groups is 1. The second kappa shape index (κ2) is 6.35. The number of pyridine rings is 1. The number of aryl methyl sites for hydroxylation is 3. The summed E-state index contributed by atoms with van der Waals surface area (Å²) in [7, 11) is 1.49. The van der Waals surface area contributed by atoms with E-state index < -0.39 is 17.2 Å². The molecule has 3 rings (SSSR count). The number of carbonyl (C=O) groups excluding carboxylic acids is 1. The fraction of sp³-hybridized carbons (Fsp3) is 0.222. The van der Waals surface area contributed by atoms with Crippen LogP contribution in [-0.4, -0.2) is 20.5 Å². The largest absolute Gasteiger partial charge is 0.457 e. The minimum absolute atomic E-state index is 0.133. The summed E-state index contributed by atoms with van der Waals surface area (Å²) in [5.74, 6) is -0.580. The van der Waals surface area contributed by atoms with Crippen molar-refractivity contribution in [2.75, 3.05) is 0 Å². The van der Waals surface area contributed by atoms with Crippen LogP contribution in [-0.2, 0) is 18.4 Å². The Balaban J connectivity index is 1.89. The van der Waals surface area contributed by atoms with Crippen LogP contribution >= 0.6 is 0 Å². The third-order valence-corrected chi connectivity index (χ3v) is 4.05. The molecule has 3 aromatic rings. The maximum absolute atomic E-state index is 12.3. The summed E-state index contributed by atoms with van der Waals surface area (Å²) in [6.07, 6.45) is 1.30. The Kier molecular flexibility index (Phi) is 4.22. The summed E-state index contributed by atoms with van der Waals surface area (Å²) >= 11 is 0. The van der Waals surface area contributed by atoms with E-state index in [1.54, 1.807) is 0 Å². The third kappa shape index (κ3) is 3.21. The lowest BCUT2D eigenvalue weighted by molar-refractivity contribution is 0.0472. The fourth-order valence-corrected chi connectivity index (χ4v) is 2.53. The maximum atomic E-state index is 12.3. The number of esters is 1. The quantitative estimate of drug-likeness (QED) is 0.732. The van der Waals surface area contributed by atoms with E-state index in [-0.39, 0.29) is 23.2 Å². The van der Waals surface area contributed by atoms with E-state index >= 15 is 0 Å². The number of rotatable bonds is 3. The second-order valence-corrected chi connectivity index (χ2v) is 5.92. The van der Waals surface area contributed by atoms with Crippen molar-refractivity contribution in [3.05, 3.63) is 73.6 Å². The summed E-state index contributed by atoms with van der Waals surface area (Å²) in [4.78, 5) is 42.0. The highest BCUT2D eigenvalue weighted by Crippen LogP contribution is 2.14. The van der Waals surface area contributed by atoms with E-state index in [4.69, 9.17) is 4.74 Å². The normalized spacial score (nSPS) is 10.8. The number of H-pyrrole nitrogens is 1. The lowest BCUT2D eigenvalue weighted by Gasteiger charge is -2.09. The number of hydrogen-bond donors (Lipinski definition) is 1. The van der Waals surface area contributed by atoms with Gasteiger partial charge in [0.1, 0.15) is 12.3 Å². The highest BCUT2D eigenvalue weighted by Gasteiger charge is 2.13. The van der Waals surface area contributed by atoms with Gasteiger partial charge >= 0.3 is 11.7 Å². The molecule has 2 aromatic heterocycles. The third-order valence-electron chi connectivity index (χ3n) is 4.05. The van der Waals surface area contributed by atoms with Crippen molar-refractivity contribution in [2.24, 2.45) is 7.05 Å². The minimum atomic E-state index is -0.588. The summed E-state index contributed by atoms with van der Waals surface area (Å²) in [5.41, 5.74) is 2.24. The molecule has 2 heterocycles. The molecule has 1 aromatic carbocycles. The number of nitrogens with zero attached hydrogens (tertiary/aromatic N) is 2. The molecule has 0 fully saturated rings. The predicted molar refractivity (Wildman–Crippen MR) is 92.6 cm³/mol. The number of nitrogens with one attached hydrogen (secondary N) is 1. The fourth-order valence-electron chi connectivity index (χ4n) is 2.53. The molecular formula is C18H17N3O4. The van der Waals surface area contributed by atoms with Gasteiger partial charge in [-0.2, -0.15) is 0 Å². The molecule has 0 saturated carbocycles. The lowest BCUT2D eigenvalue weighted by Crippen LogP contribution is -2.29. The molecule has 7 heteroatoms. The molecule has 1 N–H and O–H groups in total. The van der Waals surface area contributed by atoms with Gasteiger partial charge in [-0.25, -0.2) is 14.6 Å². The molecular weight excluding hydrogens is 322 g/mol. The van der Waals surface area contributed by atoms with Gasteiger partial charge in [0, 0.05) is 13.2 Å². The molecule has 0 bridgehead atoms. The Bertz CT molecular complexity index is 1100. The molecule has 7 nitrogen and oxygen atoms in total. The zero-order valence-electron chi connectivity index (χ0n) is 14.1. The van der Waals surface area contributed by atoms with Crippen LogP contribution in [0.5, 0.6) is 0 Å². The summed E-state index contributed by atoms with van der Waals surface area (Å²) in [5, 5.41) is 0.156. The molecule has 0 aliphatic carbocycles. The Morgan fingerprint density at radius 1 is 1.24 bits per heavy atom. The van der Waals surface area contributed by atoms with Crippen molar-refractivity contribution in [3.63, 3.8) is 0 Å². The monoisotopic (exact) mass is 339 g/mol. The molecule has 0 amide bonds. The molecule has 25 heavy (non-hydrogen) atoms. The van der Waals surface area contributed by atoms with Crippen LogP contribution in [0.3, 0.4) is 0 Å². The van der Waals surface area contributed by atoms with Gasteiger partial charge in [-0.1, -0.05) is 23.8 Å². The topological polar surface area (TPSA) is 94.1 Å². The van der Waals surface area contributed by atoms with Crippen molar-refractivity contribution in [2.45, 2.75) is 20.5 Å². The highest BCUT2D eigenvalue weighted by molar-refractivity contribution is 5.92. The summed E-state index contributed by atoms with van der Waals surface area (Å²) in [6.45, 7) is 4.04. The average Bonchev–Trinajstić information content (AvgIpc) is 2.60. The zero-order valence-corrected chi connectivity index (χ0v) is 14.1. The van der Waals surface area contributed by atoms with Gasteiger partial charge in [-0.3, -0.25) is 14.3 Å². The molecule has 0 aliphatic heterocycles. The van der Waals surface area contributed by atoms with Crippen LogP contribution in [0.25, 0.3) is 11.0 Å². The molecule has 128 valence electrons. The molecule has 0 unspecified atom stereocenters. The van der Waals surface area contributed by atoms with Crippen LogP contribution in [0, 0.1) is 13.8 Å². The van der Waals surface area contributed by atoms with Crippen LogP contribution in [0.15, 0.2) is 40.1 Å². The first-order valence-corrected chi connectivity index (χ1v) is 7.69. The van der Waals surface area contributed by atoms with Crippen molar-refractivity contribution in [3.8, 4) is 0 Å². The number of ether oxygens (including phenoxy) is 1. The number of aromatic amines is 1. The molecule has 0 aliphatic rings. The maximum Gasteiger partial charge on any atom is 0.340 e. The van der Waals surface area contributed by atoms with Crippen LogP contribution in [0.4, 0.5) is 0 Å². The first kappa shape index (κ1) is 16.6.